The van der Waals surface area contributed by atoms with Crippen molar-refractivity contribution in [2.24, 2.45) is 0 Å². The summed E-state index contributed by atoms with van der Waals surface area (Å²) in [4.78, 5) is 0. The average molecular weight is 313 g/mol. The maximum absolute atomic E-state index is 2.35. The van der Waals surface area contributed by atoms with Gasteiger partial charge in [0.05, 0.1) is 0 Å². The quantitative estimate of drug-likeness (QED) is 0.538. The van der Waals surface area contributed by atoms with Gasteiger partial charge in [0.1, 0.15) is 0 Å². The topological polar surface area (TPSA) is 4.93 Å². The first-order valence-electron chi connectivity index (χ1n) is 8.82. The van der Waals surface area contributed by atoms with Gasteiger partial charge < -0.3 is 4.57 Å². The van der Waals surface area contributed by atoms with Gasteiger partial charge in [-0.15, -0.1) is 0 Å². The van der Waals surface area contributed by atoms with Gasteiger partial charge in [-0.25, -0.2) is 0 Å². The monoisotopic (exact) mass is 313 g/mol. The third kappa shape index (κ3) is 2.60. The Balaban J connectivity index is 1.67. The Morgan fingerprint density at radius 1 is 1.04 bits per heavy atom. The highest BCUT2D eigenvalue weighted by Crippen LogP contribution is 2.34. The van der Waals surface area contributed by atoms with E-state index in [2.05, 4.69) is 85.3 Å². The van der Waals surface area contributed by atoms with Crippen molar-refractivity contribution in [1.29, 1.82) is 0 Å². The van der Waals surface area contributed by atoms with Crippen LogP contribution in [0.15, 0.2) is 66.9 Å². The smallest absolute Gasteiger partial charge is 0.0480 e. The van der Waals surface area contributed by atoms with Crippen LogP contribution in [0.1, 0.15) is 36.5 Å². The molecule has 4 rings (SSSR count). The highest BCUT2D eigenvalue weighted by Gasteiger charge is 2.12. The zero-order chi connectivity index (χ0) is 16.5. The number of rotatable bonds is 4. The molecule has 0 fully saturated rings. The molecule has 3 aromatic rings. The van der Waals surface area contributed by atoms with Crippen molar-refractivity contribution in [3.8, 4) is 0 Å². The van der Waals surface area contributed by atoms with Crippen molar-refractivity contribution < 1.29 is 0 Å². The van der Waals surface area contributed by atoms with Crippen LogP contribution in [0.25, 0.3) is 22.0 Å². The first-order chi connectivity index (χ1) is 11.8. The third-order valence-corrected chi connectivity index (χ3v) is 4.93. The van der Waals surface area contributed by atoms with E-state index >= 15 is 0 Å². The molecule has 0 spiro atoms. The number of benzene rings is 2. The van der Waals surface area contributed by atoms with Crippen molar-refractivity contribution in [3.05, 3.63) is 83.6 Å². The second kappa shape index (κ2) is 6.16. The molecule has 1 aliphatic rings. The van der Waals surface area contributed by atoms with E-state index in [1.807, 2.05) is 0 Å². The fourth-order valence-electron chi connectivity index (χ4n) is 3.66. The molecule has 0 radical (unpaired) electrons. The Labute approximate surface area is 143 Å². The maximum atomic E-state index is 2.35. The normalized spacial score (nSPS) is 14.1. The molecule has 0 N–H and O–H groups in total. The van der Waals surface area contributed by atoms with Crippen LogP contribution < -0.4 is 0 Å². The lowest BCUT2D eigenvalue weighted by Gasteiger charge is -2.06. The minimum Gasteiger partial charge on any atom is -0.347 e. The van der Waals surface area contributed by atoms with Gasteiger partial charge >= 0.3 is 0 Å². The molecule has 1 nitrogen and oxygen atoms in total. The molecule has 0 amide bonds. The van der Waals surface area contributed by atoms with Crippen molar-refractivity contribution >= 4 is 22.0 Å². The number of fused-ring (bicyclic) bond motifs is 1. The van der Waals surface area contributed by atoms with Crippen molar-refractivity contribution in [1.82, 2.24) is 4.57 Å². The van der Waals surface area contributed by atoms with E-state index < -0.39 is 0 Å². The van der Waals surface area contributed by atoms with Crippen LogP contribution in [0.5, 0.6) is 0 Å². The van der Waals surface area contributed by atoms with Crippen LogP contribution in [0, 0.1) is 6.92 Å². The summed E-state index contributed by atoms with van der Waals surface area (Å²) in [7, 11) is 0. The average Bonchev–Trinajstić information content (AvgIpc) is 3.23. The number of allylic oxidation sites excluding steroid dienone is 4. The summed E-state index contributed by atoms with van der Waals surface area (Å²) in [6.07, 6.45) is 9.10. The molecule has 24 heavy (non-hydrogen) atoms. The molecule has 2 aromatic carbocycles. The molecule has 1 heteroatoms. The first kappa shape index (κ1) is 15.0. The summed E-state index contributed by atoms with van der Waals surface area (Å²) in [6.45, 7) is 5.50. The zero-order valence-electron chi connectivity index (χ0n) is 14.4. The van der Waals surface area contributed by atoms with E-state index in [-0.39, 0.29) is 0 Å². The molecule has 0 saturated carbocycles. The number of hydrogen-bond donors (Lipinski definition) is 0. The van der Waals surface area contributed by atoms with Crippen LogP contribution >= 0.6 is 0 Å². The first-order valence-corrected chi connectivity index (χ1v) is 8.82. The van der Waals surface area contributed by atoms with Gasteiger partial charge in [-0.3, -0.25) is 0 Å². The Kier molecular flexibility index (Phi) is 3.86. The zero-order valence-corrected chi connectivity index (χ0v) is 14.4. The Morgan fingerprint density at radius 2 is 1.92 bits per heavy atom. The lowest BCUT2D eigenvalue weighted by molar-refractivity contribution is 0.703. The molecule has 0 bridgehead atoms. The van der Waals surface area contributed by atoms with Crippen LogP contribution in [0.2, 0.25) is 0 Å². The fraction of sp³-hybridized carbons (Fsp3) is 0.217. The van der Waals surface area contributed by atoms with Gasteiger partial charge in [-0.05, 0) is 65.8 Å². The van der Waals surface area contributed by atoms with Gasteiger partial charge in [0.25, 0.3) is 0 Å². The third-order valence-electron chi connectivity index (χ3n) is 4.93. The summed E-state index contributed by atoms with van der Waals surface area (Å²) in [5.74, 6) is 0. The predicted octanol–water partition coefficient (Wildman–Crippen LogP) is 6.23. The van der Waals surface area contributed by atoms with Crippen molar-refractivity contribution in [2.45, 2.75) is 33.2 Å². The van der Waals surface area contributed by atoms with Gasteiger partial charge in [-0.1, -0.05) is 49.4 Å². The number of aryl methyl sites for hydroxylation is 2. The number of nitrogens with zero attached hydrogens (tertiary/aromatic N) is 1. The summed E-state index contributed by atoms with van der Waals surface area (Å²) < 4.78 is 2.34. The molecule has 0 atom stereocenters. The molecule has 1 aromatic heterocycles. The lowest BCUT2D eigenvalue weighted by atomic mass is 9.99. The Morgan fingerprint density at radius 3 is 2.75 bits per heavy atom. The van der Waals surface area contributed by atoms with E-state index in [9.17, 15) is 0 Å². The van der Waals surface area contributed by atoms with Gasteiger partial charge in [-0.2, -0.15) is 0 Å². The molecular formula is C23H23N. The molecular weight excluding hydrogens is 290 g/mol. The number of hydrogen-bond acceptors (Lipinski definition) is 0. The minimum atomic E-state index is 1.02. The van der Waals surface area contributed by atoms with Gasteiger partial charge in [0.2, 0.25) is 0 Å². The van der Waals surface area contributed by atoms with E-state index in [1.54, 1.807) is 0 Å². The van der Waals surface area contributed by atoms with E-state index in [4.69, 9.17) is 0 Å². The highest BCUT2D eigenvalue weighted by molar-refractivity contribution is 5.93. The van der Waals surface area contributed by atoms with Crippen molar-refractivity contribution in [3.63, 3.8) is 0 Å². The molecule has 0 saturated heterocycles. The minimum absolute atomic E-state index is 1.02. The van der Waals surface area contributed by atoms with E-state index in [0.29, 0.717) is 0 Å². The summed E-state index contributed by atoms with van der Waals surface area (Å²) in [5.41, 5.74) is 8.15. The Bertz CT molecular complexity index is 953. The molecule has 0 unspecified atom stereocenters. The summed E-state index contributed by atoms with van der Waals surface area (Å²) in [5, 5.41) is 1.33. The lowest BCUT2D eigenvalue weighted by Crippen LogP contribution is -1.93. The highest BCUT2D eigenvalue weighted by atomic mass is 14.9. The predicted molar refractivity (Wildman–Crippen MR) is 104 cm³/mol. The second-order valence-electron chi connectivity index (χ2n) is 6.63. The van der Waals surface area contributed by atoms with Crippen molar-refractivity contribution in [2.75, 3.05) is 0 Å². The Hall–Kier alpha value is -2.54. The molecule has 1 heterocycles. The standard InChI is InChI=1S/C23H23N/c1-3-13-24-14-12-21-16-19(10-11-23(21)24)18-8-9-20(15-18)22-7-5-4-6-17(22)2/h4-8,10-12,14-16H,3,9,13H2,1-2H3. The van der Waals surface area contributed by atoms with Gasteiger partial charge in [0.15, 0.2) is 0 Å². The number of aromatic nitrogens is 1. The van der Waals surface area contributed by atoms with Crippen LogP contribution in [-0.2, 0) is 6.54 Å². The van der Waals surface area contributed by atoms with Gasteiger partial charge in [0, 0.05) is 23.6 Å². The maximum Gasteiger partial charge on any atom is 0.0480 e. The van der Waals surface area contributed by atoms with E-state index in [0.717, 1.165) is 13.0 Å². The molecule has 1 aliphatic carbocycles. The summed E-state index contributed by atoms with van der Waals surface area (Å²) in [6, 6.07) is 17.7. The van der Waals surface area contributed by atoms with Crippen LogP contribution in [0.4, 0.5) is 0 Å². The van der Waals surface area contributed by atoms with Crippen LogP contribution in [0.3, 0.4) is 0 Å². The summed E-state index contributed by atoms with van der Waals surface area (Å²) >= 11 is 0. The largest absolute Gasteiger partial charge is 0.347 e. The molecule has 120 valence electrons. The van der Waals surface area contributed by atoms with Crippen LogP contribution in [-0.4, -0.2) is 4.57 Å². The van der Waals surface area contributed by atoms with E-state index in [1.165, 1.54) is 45.2 Å². The SMILES string of the molecule is CCCn1ccc2cc(C3=CCC(c4ccccc4C)=C3)ccc21. The fourth-order valence-corrected chi connectivity index (χ4v) is 3.66. The molecule has 0 aliphatic heterocycles. The second-order valence-corrected chi connectivity index (χ2v) is 6.63.